The molecule has 0 saturated carbocycles. The van der Waals surface area contributed by atoms with Crippen molar-refractivity contribution in [3.63, 3.8) is 0 Å². The lowest BCUT2D eigenvalue weighted by molar-refractivity contribution is -0.122. The molecule has 1 aliphatic rings. The van der Waals surface area contributed by atoms with Crippen molar-refractivity contribution in [2.45, 2.75) is 31.7 Å². The minimum atomic E-state index is -0.425. The van der Waals surface area contributed by atoms with Gasteiger partial charge in [-0.3, -0.25) is 4.79 Å². The van der Waals surface area contributed by atoms with Gasteiger partial charge in [-0.2, -0.15) is 0 Å². The number of rotatable bonds is 4. The number of benzene rings is 1. The molecule has 1 atom stereocenters. The molecular weight excluding hydrogens is 268 g/mol. The molecule has 0 aliphatic carbocycles. The van der Waals surface area contributed by atoms with Crippen LogP contribution in [0, 0.1) is 0 Å². The summed E-state index contributed by atoms with van der Waals surface area (Å²) in [6, 6.07) is 7.39. The van der Waals surface area contributed by atoms with Gasteiger partial charge in [0.2, 0.25) is 18.2 Å². The zero-order valence-corrected chi connectivity index (χ0v) is 11.9. The van der Waals surface area contributed by atoms with E-state index in [0.717, 1.165) is 37.1 Å². The van der Waals surface area contributed by atoms with Crippen molar-refractivity contribution in [3.05, 3.63) is 30.7 Å². The lowest BCUT2D eigenvalue weighted by atomic mass is 9.93. The maximum Gasteiger partial charge on any atom is 0.247 e. The average Bonchev–Trinajstić information content (AvgIpc) is 3.20. The Hall–Kier alpha value is -2.21. The van der Waals surface area contributed by atoms with Crippen LogP contribution in [0.15, 0.2) is 35.1 Å². The Labute approximate surface area is 123 Å². The summed E-state index contributed by atoms with van der Waals surface area (Å²) in [5.41, 5.74) is 1.17. The molecule has 1 aromatic heterocycles. The third-order valence-corrected chi connectivity index (χ3v) is 4.03. The molecule has 0 radical (unpaired) electrons. The molecule has 2 N–H and O–H groups in total. The Morgan fingerprint density at radius 3 is 2.81 bits per heavy atom. The summed E-state index contributed by atoms with van der Waals surface area (Å²) in [7, 11) is 0. The van der Waals surface area contributed by atoms with E-state index in [9.17, 15) is 4.79 Å². The highest BCUT2D eigenvalue weighted by Gasteiger charge is 2.38. The zero-order chi connectivity index (χ0) is 14.7. The summed E-state index contributed by atoms with van der Waals surface area (Å²) < 4.78 is 5.14. The lowest BCUT2D eigenvalue weighted by Gasteiger charge is -2.26. The SMILES string of the molecule is CCC1(C(=O)Nc2ccc(-c3nnco3)cc2)CCCN1. The molecule has 6 heteroatoms. The average molecular weight is 286 g/mol. The molecule has 1 saturated heterocycles. The summed E-state index contributed by atoms with van der Waals surface area (Å²) in [4.78, 5) is 12.5. The van der Waals surface area contributed by atoms with Gasteiger partial charge in [0.25, 0.3) is 0 Å². The van der Waals surface area contributed by atoms with Gasteiger partial charge in [-0.25, -0.2) is 0 Å². The number of aromatic nitrogens is 2. The maximum absolute atomic E-state index is 12.5. The molecule has 1 aromatic carbocycles. The second-order valence-corrected chi connectivity index (χ2v) is 5.24. The minimum Gasteiger partial charge on any atom is -0.423 e. The smallest absolute Gasteiger partial charge is 0.247 e. The predicted octanol–water partition coefficient (Wildman–Crippen LogP) is 2.21. The van der Waals surface area contributed by atoms with Crippen molar-refractivity contribution in [2.75, 3.05) is 11.9 Å². The maximum atomic E-state index is 12.5. The lowest BCUT2D eigenvalue weighted by Crippen LogP contribution is -2.50. The summed E-state index contributed by atoms with van der Waals surface area (Å²) in [6.07, 6.45) is 4.01. The van der Waals surface area contributed by atoms with Gasteiger partial charge in [0.05, 0.1) is 5.54 Å². The van der Waals surface area contributed by atoms with Gasteiger partial charge in [-0.15, -0.1) is 10.2 Å². The summed E-state index contributed by atoms with van der Waals surface area (Å²) in [6.45, 7) is 2.94. The highest BCUT2D eigenvalue weighted by molar-refractivity contribution is 5.98. The fourth-order valence-corrected chi connectivity index (χ4v) is 2.71. The quantitative estimate of drug-likeness (QED) is 0.900. The van der Waals surface area contributed by atoms with Crippen molar-refractivity contribution < 1.29 is 9.21 Å². The Kier molecular flexibility index (Phi) is 3.70. The summed E-state index contributed by atoms with van der Waals surface area (Å²) in [5, 5.41) is 13.8. The third-order valence-electron chi connectivity index (χ3n) is 4.03. The Morgan fingerprint density at radius 1 is 1.43 bits per heavy atom. The number of nitrogens with one attached hydrogen (secondary N) is 2. The Morgan fingerprint density at radius 2 is 2.24 bits per heavy atom. The number of carbonyl (C=O) groups is 1. The second-order valence-electron chi connectivity index (χ2n) is 5.24. The van der Waals surface area contributed by atoms with Crippen LogP contribution in [-0.2, 0) is 4.79 Å². The summed E-state index contributed by atoms with van der Waals surface area (Å²) >= 11 is 0. The van der Waals surface area contributed by atoms with Gasteiger partial charge in [0.1, 0.15) is 0 Å². The van der Waals surface area contributed by atoms with E-state index in [1.54, 1.807) is 0 Å². The molecule has 3 rings (SSSR count). The van der Waals surface area contributed by atoms with E-state index >= 15 is 0 Å². The molecule has 110 valence electrons. The van der Waals surface area contributed by atoms with Crippen LogP contribution in [0.2, 0.25) is 0 Å². The first-order valence-electron chi connectivity index (χ1n) is 7.16. The van der Waals surface area contributed by atoms with E-state index in [4.69, 9.17) is 4.42 Å². The first kappa shape index (κ1) is 13.8. The largest absolute Gasteiger partial charge is 0.423 e. The van der Waals surface area contributed by atoms with E-state index in [2.05, 4.69) is 20.8 Å². The molecule has 1 unspecified atom stereocenters. The van der Waals surface area contributed by atoms with Crippen molar-refractivity contribution in [3.8, 4) is 11.5 Å². The molecule has 6 nitrogen and oxygen atoms in total. The van der Waals surface area contributed by atoms with Crippen LogP contribution in [0.25, 0.3) is 11.5 Å². The normalized spacial score (nSPS) is 21.4. The first-order chi connectivity index (χ1) is 10.2. The van der Waals surface area contributed by atoms with Crippen LogP contribution in [0.1, 0.15) is 26.2 Å². The summed E-state index contributed by atoms with van der Waals surface area (Å²) in [5.74, 6) is 0.503. The number of hydrogen-bond acceptors (Lipinski definition) is 5. The molecule has 2 aromatic rings. The van der Waals surface area contributed by atoms with E-state index in [-0.39, 0.29) is 5.91 Å². The monoisotopic (exact) mass is 286 g/mol. The zero-order valence-electron chi connectivity index (χ0n) is 11.9. The topological polar surface area (TPSA) is 80.1 Å². The molecule has 21 heavy (non-hydrogen) atoms. The molecule has 2 heterocycles. The number of anilines is 1. The Balaban J connectivity index is 1.72. The van der Waals surface area contributed by atoms with Crippen LogP contribution in [0.5, 0.6) is 0 Å². The minimum absolute atomic E-state index is 0.0352. The molecule has 1 fully saturated rings. The van der Waals surface area contributed by atoms with Gasteiger partial charge < -0.3 is 15.1 Å². The van der Waals surface area contributed by atoms with Crippen LogP contribution in [0.3, 0.4) is 0 Å². The number of nitrogens with zero attached hydrogens (tertiary/aromatic N) is 2. The highest BCUT2D eigenvalue weighted by Crippen LogP contribution is 2.25. The van der Waals surface area contributed by atoms with Crippen molar-refractivity contribution in [2.24, 2.45) is 0 Å². The fraction of sp³-hybridized carbons (Fsp3) is 0.400. The molecule has 0 spiro atoms. The Bertz CT molecular complexity index is 601. The van der Waals surface area contributed by atoms with Crippen LogP contribution in [-0.4, -0.2) is 28.2 Å². The van der Waals surface area contributed by atoms with E-state index in [0.29, 0.717) is 5.89 Å². The van der Waals surface area contributed by atoms with Gasteiger partial charge >= 0.3 is 0 Å². The highest BCUT2D eigenvalue weighted by atomic mass is 16.4. The fourth-order valence-electron chi connectivity index (χ4n) is 2.71. The number of carbonyl (C=O) groups excluding carboxylic acids is 1. The van der Waals surface area contributed by atoms with Gasteiger partial charge in [-0.1, -0.05) is 6.92 Å². The van der Waals surface area contributed by atoms with Crippen LogP contribution >= 0.6 is 0 Å². The van der Waals surface area contributed by atoms with Crippen molar-refractivity contribution >= 4 is 11.6 Å². The van der Waals surface area contributed by atoms with Gasteiger partial charge in [0, 0.05) is 11.3 Å². The van der Waals surface area contributed by atoms with E-state index in [1.807, 2.05) is 31.2 Å². The molecule has 1 amide bonds. The van der Waals surface area contributed by atoms with E-state index in [1.165, 1.54) is 6.39 Å². The van der Waals surface area contributed by atoms with Crippen molar-refractivity contribution in [1.82, 2.24) is 15.5 Å². The van der Waals surface area contributed by atoms with Crippen LogP contribution in [0.4, 0.5) is 5.69 Å². The first-order valence-corrected chi connectivity index (χ1v) is 7.16. The van der Waals surface area contributed by atoms with E-state index < -0.39 is 5.54 Å². The predicted molar refractivity (Wildman–Crippen MR) is 78.6 cm³/mol. The molecule has 0 bridgehead atoms. The standard InChI is InChI=1S/C15H18N4O2/c1-2-15(8-3-9-16-15)14(20)18-12-6-4-11(5-7-12)13-19-17-10-21-13/h4-7,10,16H,2-3,8-9H2,1H3,(H,18,20). The van der Waals surface area contributed by atoms with Gasteiger partial charge in [0.15, 0.2) is 0 Å². The van der Waals surface area contributed by atoms with Crippen molar-refractivity contribution in [1.29, 1.82) is 0 Å². The number of hydrogen-bond donors (Lipinski definition) is 2. The third kappa shape index (κ3) is 2.67. The second kappa shape index (κ2) is 5.65. The van der Waals surface area contributed by atoms with Crippen LogP contribution < -0.4 is 10.6 Å². The number of amides is 1. The van der Waals surface area contributed by atoms with Gasteiger partial charge in [-0.05, 0) is 50.1 Å². The molecular formula is C15H18N4O2. The molecule has 1 aliphatic heterocycles.